The van der Waals surface area contributed by atoms with Gasteiger partial charge in [0.15, 0.2) is 6.10 Å². The van der Waals surface area contributed by atoms with E-state index in [0.717, 1.165) is 18.4 Å². The van der Waals surface area contributed by atoms with E-state index in [-0.39, 0.29) is 5.91 Å². The lowest BCUT2D eigenvalue weighted by atomic mass is 10.1. The number of nitrogen functional groups attached to an aromatic ring is 1. The molecule has 1 saturated heterocycles. The number of hydrogen-bond acceptors (Lipinski definition) is 4. The first-order valence-electron chi connectivity index (χ1n) is 6.43. The Hall–Kier alpha value is -2.04. The van der Waals surface area contributed by atoms with Gasteiger partial charge in [-0.15, -0.1) is 0 Å². The van der Waals surface area contributed by atoms with E-state index in [4.69, 9.17) is 10.5 Å². The summed E-state index contributed by atoms with van der Waals surface area (Å²) in [5.74, 6) is -0.692. The third-order valence-electron chi connectivity index (χ3n) is 3.24. The molecule has 5 heteroatoms. The number of carbonyl (C=O) groups excluding carboxylic acids is 2. The maximum atomic E-state index is 12.0. The van der Waals surface area contributed by atoms with E-state index in [1.54, 1.807) is 18.2 Å². The van der Waals surface area contributed by atoms with E-state index < -0.39 is 12.1 Å². The van der Waals surface area contributed by atoms with Crippen molar-refractivity contribution < 1.29 is 14.3 Å². The molecule has 1 aromatic carbocycles. The van der Waals surface area contributed by atoms with Crippen molar-refractivity contribution in [2.75, 3.05) is 12.3 Å². The van der Waals surface area contributed by atoms with Crippen LogP contribution in [0.2, 0.25) is 0 Å². The van der Waals surface area contributed by atoms with E-state index in [1.165, 1.54) is 0 Å². The minimum absolute atomic E-state index is 0.210. The lowest BCUT2D eigenvalue weighted by Gasteiger charge is -2.14. The van der Waals surface area contributed by atoms with Crippen molar-refractivity contribution in [1.82, 2.24) is 5.32 Å². The number of anilines is 1. The van der Waals surface area contributed by atoms with Gasteiger partial charge in [-0.05, 0) is 49.9 Å². The highest BCUT2D eigenvalue weighted by molar-refractivity contribution is 5.93. The molecule has 1 atom stereocenters. The van der Waals surface area contributed by atoms with Crippen LogP contribution in [0.25, 0.3) is 0 Å². The maximum absolute atomic E-state index is 12.0. The van der Waals surface area contributed by atoms with E-state index in [9.17, 15) is 9.59 Å². The molecule has 1 aliphatic heterocycles. The first kappa shape index (κ1) is 13.4. The van der Waals surface area contributed by atoms with Crippen LogP contribution in [0.15, 0.2) is 18.2 Å². The number of aryl methyl sites for hydroxylation is 1. The fourth-order valence-electron chi connectivity index (χ4n) is 2.02. The molecular formula is C14H18N2O3. The lowest BCUT2D eigenvalue weighted by Crippen LogP contribution is -2.36. The van der Waals surface area contributed by atoms with Crippen LogP contribution >= 0.6 is 0 Å². The fraction of sp³-hybridized carbons (Fsp3) is 0.429. The molecule has 1 fully saturated rings. The normalized spacial score (nSPS) is 19.4. The van der Waals surface area contributed by atoms with Gasteiger partial charge >= 0.3 is 5.97 Å². The van der Waals surface area contributed by atoms with Gasteiger partial charge in [-0.25, -0.2) is 4.79 Å². The Morgan fingerprint density at radius 3 is 2.95 bits per heavy atom. The third kappa shape index (κ3) is 3.24. The Bertz CT molecular complexity index is 499. The minimum Gasteiger partial charge on any atom is -0.449 e. The Morgan fingerprint density at radius 1 is 1.42 bits per heavy atom. The number of ether oxygens (including phenoxy) is 1. The second kappa shape index (κ2) is 5.73. The lowest BCUT2D eigenvalue weighted by molar-refractivity contribution is -0.129. The zero-order chi connectivity index (χ0) is 13.8. The van der Waals surface area contributed by atoms with Crippen LogP contribution < -0.4 is 11.1 Å². The fourth-order valence-corrected chi connectivity index (χ4v) is 2.02. The molecule has 0 saturated carbocycles. The molecule has 2 rings (SSSR count). The first-order chi connectivity index (χ1) is 9.08. The number of nitrogens with two attached hydrogens (primary N) is 1. The summed E-state index contributed by atoms with van der Waals surface area (Å²) < 4.78 is 5.27. The predicted octanol–water partition coefficient (Wildman–Crippen LogP) is 1.40. The zero-order valence-corrected chi connectivity index (χ0v) is 10.9. The molecular weight excluding hydrogens is 244 g/mol. The average molecular weight is 262 g/mol. The van der Waals surface area contributed by atoms with Crippen LogP contribution in [-0.2, 0) is 9.53 Å². The number of benzene rings is 1. The van der Waals surface area contributed by atoms with Crippen molar-refractivity contribution in [3.63, 3.8) is 0 Å². The van der Waals surface area contributed by atoms with Crippen molar-refractivity contribution in [1.29, 1.82) is 0 Å². The number of rotatable bonds is 2. The number of nitrogens with one attached hydrogen (secondary N) is 1. The van der Waals surface area contributed by atoms with Crippen molar-refractivity contribution in [2.45, 2.75) is 32.3 Å². The molecule has 0 aromatic heterocycles. The molecule has 0 bridgehead atoms. The monoisotopic (exact) mass is 262 g/mol. The van der Waals surface area contributed by atoms with Crippen molar-refractivity contribution in [2.24, 2.45) is 0 Å². The Labute approximate surface area is 112 Å². The molecule has 1 amide bonds. The number of amides is 1. The molecule has 0 aliphatic carbocycles. The first-order valence-corrected chi connectivity index (χ1v) is 6.43. The molecule has 5 nitrogen and oxygen atoms in total. The summed E-state index contributed by atoms with van der Waals surface area (Å²) in [6.45, 7) is 2.47. The standard InChI is InChI=1S/C14H18N2O3/c1-9-8-10(5-6-11(9)15)14(18)19-12-4-2-3-7-16-13(12)17/h5-6,8,12H,2-4,7,15H2,1H3,(H,16,17). The number of hydrogen-bond donors (Lipinski definition) is 2. The predicted molar refractivity (Wildman–Crippen MR) is 71.7 cm³/mol. The number of carbonyl (C=O) groups is 2. The Balaban J connectivity index is 2.07. The SMILES string of the molecule is Cc1cc(C(=O)OC2CCCCNC2=O)ccc1N. The highest BCUT2D eigenvalue weighted by atomic mass is 16.5. The largest absolute Gasteiger partial charge is 0.449 e. The third-order valence-corrected chi connectivity index (χ3v) is 3.24. The molecule has 1 heterocycles. The van der Waals surface area contributed by atoms with Gasteiger partial charge < -0.3 is 15.8 Å². The summed E-state index contributed by atoms with van der Waals surface area (Å²) in [5.41, 5.74) is 7.57. The van der Waals surface area contributed by atoms with Crippen LogP contribution in [0.1, 0.15) is 35.2 Å². The van der Waals surface area contributed by atoms with Crippen LogP contribution in [0.3, 0.4) is 0 Å². The van der Waals surface area contributed by atoms with Crippen molar-refractivity contribution >= 4 is 17.6 Å². The Kier molecular flexibility index (Phi) is 4.04. The Morgan fingerprint density at radius 2 is 2.21 bits per heavy atom. The smallest absolute Gasteiger partial charge is 0.338 e. The second-order valence-corrected chi connectivity index (χ2v) is 4.75. The van der Waals surface area contributed by atoms with Gasteiger partial charge in [-0.3, -0.25) is 4.79 Å². The van der Waals surface area contributed by atoms with E-state index in [1.807, 2.05) is 6.92 Å². The topological polar surface area (TPSA) is 81.4 Å². The summed E-state index contributed by atoms with van der Waals surface area (Å²) in [7, 11) is 0. The molecule has 102 valence electrons. The van der Waals surface area contributed by atoms with Crippen LogP contribution in [0.4, 0.5) is 5.69 Å². The molecule has 3 N–H and O–H groups in total. The summed E-state index contributed by atoms with van der Waals surface area (Å²) in [6, 6.07) is 4.95. The van der Waals surface area contributed by atoms with Gasteiger partial charge in [0.1, 0.15) is 0 Å². The van der Waals surface area contributed by atoms with Gasteiger partial charge in [0.05, 0.1) is 5.56 Å². The molecule has 1 aliphatic rings. The van der Waals surface area contributed by atoms with E-state index in [0.29, 0.717) is 24.2 Å². The van der Waals surface area contributed by atoms with Crippen LogP contribution in [-0.4, -0.2) is 24.5 Å². The zero-order valence-electron chi connectivity index (χ0n) is 10.9. The summed E-state index contributed by atoms with van der Waals surface area (Å²) in [4.78, 5) is 23.7. The molecule has 19 heavy (non-hydrogen) atoms. The minimum atomic E-state index is -0.687. The highest BCUT2D eigenvalue weighted by Crippen LogP contribution is 2.16. The van der Waals surface area contributed by atoms with Gasteiger partial charge in [0.25, 0.3) is 5.91 Å². The quantitative estimate of drug-likeness (QED) is 0.623. The molecule has 0 spiro atoms. The summed E-state index contributed by atoms with van der Waals surface area (Å²) in [5, 5.41) is 2.74. The van der Waals surface area contributed by atoms with Crippen LogP contribution in [0, 0.1) is 6.92 Å². The van der Waals surface area contributed by atoms with Crippen LogP contribution in [0.5, 0.6) is 0 Å². The molecule has 0 radical (unpaired) electrons. The van der Waals surface area contributed by atoms with E-state index >= 15 is 0 Å². The number of esters is 1. The van der Waals surface area contributed by atoms with Gasteiger partial charge in [-0.1, -0.05) is 0 Å². The molecule has 1 aromatic rings. The van der Waals surface area contributed by atoms with Crippen molar-refractivity contribution in [3.05, 3.63) is 29.3 Å². The van der Waals surface area contributed by atoms with Crippen molar-refractivity contribution in [3.8, 4) is 0 Å². The molecule has 1 unspecified atom stereocenters. The summed E-state index contributed by atoms with van der Waals surface area (Å²) in [6.07, 6.45) is 1.68. The average Bonchev–Trinajstić information content (AvgIpc) is 2.58. The van der Waals surface area contributed by atoms with Gasteiger partial charge in [0, 0.05) is 12.2 Å². The second-order valence-electron chi connectivity index (χ2n) is 4.75. The van der Waals surface area contributed by atoms with Gasteiger partial charge in [0.2, 0.25) is 0 Å². The van der Waals surface area contributed by atoms with E-state index in [2.05, 4.69) is 5.32 Å². The van der Waals surface area contributed by atoms with Gasteiger partial charge in [-0.2, -0.15) is 0 Å². The summed E-state index contributed by atoms with van der Waals surface area (Å²) >= 11 is 0. The highest BCUT2D eigenvalue weighted by Gasteiger charge is 2.25. The maximum Gasteiger partial charge on any atom is 0.338 e.